The summed E-state index contributed by atoms with van der Waals surface area (Å²) < 4.78 is 27.0. The molecule has 0 aromatic heterocycles. The highest BCUT2D eigenvalue weighted by molar-refractivity contribution is 7.89. The first-order chi connectivity index (χ1) is 13.7. The third-order valence-electron chi connectivity index (χ3n) is 4.56. The number of amides is 3. The zero-order chi connectivity index (χ0) is 21.2. The van der Waals surface area contributed by atoms with Gasteiger partial charge >= 0.3 is 0 Å². The van der Waals surface area contributed by atoms with Gasteiger partial charge in [0.1, 0.15) is 6.04 Å². The topological polar surface area (TPSA) is 116 Å². The molecule has 2 aliphatic rings. The van der Waals surface area contributed by atoms with Crippen molar-refractivity contribution >= 4 is 50.9 Å². The number of rotatable bonds is 4. The molecule has 2 aliphatic heterocycles. The molecule has 0 spiro atoms. The summed E-state index contributed by atoms with van der Waals surface area (Å²) >= 11 is 11.8. The summed E-state index contributed by atoms with van der Waals surface area (Å²) in [6.45, 7) is 0.787. The van der Waals surface area contributed by atoms with Crippen LogP contribution in [0.3, 0.4) is 0 Å². The summed E-state index contributed by atoms with van der Waals surface area (Å²) in [7, 11) is -4.17. The zero-order valence-corrected chi connectivity index (χ0v) is 17.4. The van der Waals surface area contributed by atoms with Gasteiger partial charge < -0.3 is 15.5 Å². The second kappa shape index (κ2) is 8.60. The van der Waals surface area contributed by atoms with Crippen LogP contribution in [0.4, 0.5) is 0 Å². The molecule has 29 heavy (non-hydrogen) atoms. The quantitative estimate of drug-likeness (QED) is 0.685. The Morgan fingerprint density at radius 2 is 1.93 bits per heavy atom. The summed E-state index contributed by atoms with van der Waals surface area (Å²) in [6.07, 6.45) is 2.15. The van der Waals surface area contributed by atoms with Crippen LogP contribution in [0.1, 0.15) is 12.8 Å². The Kier molecular flexibility index (Phi) is 6.35. The monoisotopic (exact) mass is 460 g/mol. The summed E-state index contributed by atoms with van der Waals surface area (Å²) in [4.78, 5) is 37.8. The Hall–Kier alpha value is -2.30. The Morgan fingerprint density at radius 1 is 1.17 bits per heavy atom. The van der Waals surface area contributed by atoms with E-state index in [-0.39, 0.29) is 46.8 Å². The van der Waals surface area contributed by atoms with Gasteiger partial charge in [-0.2, -0.15) is 0 Å². The van der Waals surface area contributed by atoms with Crippen molar-refractivity contribution in [3.8, 4) is 0 Å². The molecule has 0 unspecified atom stereocenters. The van der Waals surface area contributed by atoms with Crippen LogP contribution in [-0.4, -0.2) is 61.0 Å². The molecular weight excluding hydrogens is 443 g/mol. The molecule has 0 aliphatic carbocycles. The number of nitrogens with zero attached hydrogens (tertiary/aromatic N) is 2. The Bertz CT molecular complexity index is 982. The van der Waals surface area contributed by atoms with Crippen molar-refractivity contribution in [3.63, 3.8) is 0 Å². The third kappa shape index (κ3) is 4.65. The van der Waals surface area contributed by atoms with Gasteiger partial charge in [-0.1, -0.05) is 23.2 Å². The van der Waals surface area contributed by atoms with Crippen LogP contribution in [0.2, 0.25) is 10.0 Å². The molecule has 0 bridgehead atoms. The number of sulfonamides is 1. The van der Waals surface area contributed by atoms with Crippen molar-refractivity contribution in [1.82, 2.24) is 19.8 Å². The van der Waals surface area contributed by atoms with Crippen LogP contribution in [0.15, 0.2) is 35.5 Å². The molecule has 2 N–H and O–H groups in total. The van der Waals surface area contributed by atoms with Crippen molar-refractivity contribution in [2.45, 2.75) is 23.8 Å². The van der Waals surface area contributed by atoms with Gasteiger partial charge in [-0.15, -0.1) is 0 Å². The molecule has 1 aromatic carbocycles. The number of benzene rings is 1. The SMILES string of the molecule is O=C1CCN(C(=O)C[C@@H]2C(=O)NC=CN2S(=O)(=O)c2ccc(Cl)c(Cl)c2)CCN1. The summed E-state index contributed by atoms with van der Waals surface area (Å²) in [5.41, 5.74) is 0. The molecule has 156 valence electrons. The largest absolute Gasteiger partial charge is 0.354 e. The maximum Gasteiger partial charge on any atom is 0.264 e. The van der Waals surface area contributed by atoms with Gasteiger partial charge in [0, 0.05) is 38.5 Å². The minimum atomic E-state index is -4.17. The number of carbonyl (C=O) groups is 3. The number of carbonyl (C=O) groups excluding carboxylic acids is 3. The summed E-state index contributed by atoms with van der Waals surface area (Å²) in [6, 6.07) is 2.52. The van der Waals surface area contributed by atoms with E-state index in [0.717, 1.165) is 4.31 Å². The van der Waals surface area contributed by atoms with E-state index in [0.29, 0.717) is 6.54 Å². The second-order valence-corrected chi connectivity index (χ2v) is 9.09. The number of halogens is 2. The lowest BCUT2D eigenvalue weighted by Crippen LogP contribution is -2.51. The minimum Gasteiger partial charge on any atom is -0.354 e. The van der Waals surface area contributed by atoms with Crippen molar-refractivity contribution < 1.29 is 22.8 Å². The first kappa shape index (κ1) is 21.4. The molecule has 0 radical (unpaired) electrons. The smallest absolute Gasteiger partial charge is 0.264 e. The second-order valence-electron chi connectivity index (χ2n) is 6.44. The first-order valence-electron chi connectivity index (χ1n) is 8.70. The zero-order valence-electron chi connectivity index (χ0n) is 15.1. The molecule has 2 heterocycles. The minimum absolute atomic E-state index is 0.0487. The number of hydrogen-bond donors (Lipinski definition) is 2. The fourth-order valence-electron chi connectivity index (χ4n) is 3.01. The van der Waals surface area contributed by atoms with E-state index in [1.54, 1.807) is 0 Å². The molecule has 3 amide bonds. The average Bonchev–Trinajstić information content (AvgIpc) is 2.90. The van der Waals surface area contributed by atoms with E-state index in [2.05, 4.69) is 10.6 Å². The molecule has 12 heteroatoms. The van der Waals surface area contributed by atoms with E-state index >= 15 is 0 Å². The van der Waals surface area contributed by atoms with E-state index in [4.69, 9.17) is 23.2 Å². The molecular formula is C17H18Cl2N4O5S. The normalized spacial score (nSPS) is 20.1. The predicted molar refractivity (Wildman–Crippen MR) is 105 cm³/mol. The Balaban J connectivity index is 1.85. The standard InChI is InChI=1S/C17H18Cl2N4O5S/c18-12-2-1-11(9-13(12)19)29(27,28)23-8-5-21-17(26)14(23)10-16(25)22-6-3-15(24)20-4-7-22/h1-2,5,8-9,14H,3-4,6-7,10H2,(H,20,24)(H,21,26)/t14-/m1/s1. The van der Waals surface area contributed by atoms with Crippen LogP contribution >= 0.6 is 23.2 Å². The maximum atomic E-state index is 13.1. The molecule has 1 saturated heterocycles. The molecule has 1 atom stereocenters. The predicted octanol–water partition coefficient (Wildman–Crippen LogP) is 0.692. The van der Waals surface area contributed by atoms with E-state index in [1.807, 2.05) is 0 Å². The highest BCUT2D eigenvalue weighted by Gasteiger charge is 2.38. The van der Waals surface area contributed by atoms with Crippen molar-refractivity contribution in [2.24, 2.45) is 0 Å². The number of nitrogens with one attached hydrogen (secondary N) is 2. The Morgan fingerprint density at radius 3 is 2.66 bits per heavy atom. The van der Waals surface area contributed by atoms with Gasteiger partial charge in [0.15, 0.2) is 0 Å². The lowest BCUT2D eigenvalue weighted by molar-refractivity contribution is -0.135. The van der Waals surface area contributed by atoms with Crippen LogP contribution in [0.5, 0.6) is 0 Å². The van der Waals surface area contributed by atoms with Crippen LogP contribution in [0, 0.1) is 0 Å². The lowest BCUT2D eigenvalue weighted by Gasteiger charge is -2.32. The van der Waals surface area contributed by atoms with Crippen LogP contribution in [-0.2, 0) is 24.4 Å². The fourth-order valence-corrected chi connectivity index (χ4v) is 4.85. The average molecular weight is 461 g/mol. The van der Waals surface area contributed by atoms with Crippen molar-refractivity contribution in [3.05, 3.63) is 40.6 Å². The molecule has 1 aromatic rings. The van der Waals surface area contributed by atoms with Gasteiger partial charge in [0.25, 0.3) is 10.0 Å². The maximum absolute atomic E-state index is 13.1. The van der Waals surface area contributed by atoms with Gasteiger partial charge in [-0.05, 0) is 18.2 Å². The summed E-state index contributed by atoms with van der Waals surface area (Å²) in [5.74, 6) is -1.22. The summed E-state index contributed by atoms with van der Waals surface area (Å²) in [5, 5.41) is 5.31. The van der Waals surface area contributed by atoms with Crippen molar-refractivity contribution in [1.29, 1.82) is 0 Å². The van der Waals surface area contributed by atoms with Gasteiger partial charge in [0.2, 0.25) is 17.7 Å². The molecule has 9 nitrogen and oxygen atoms in total. The molecule has 3 rings (SSSR count). The van der Waals surface area contributed by atoms with Gasteiger partial charge in [0.05, 0.1) is 21.4 Å². The van der Waals surface area contributed by atoms with E-state index in [1.165, 1.54) is 35.5 Å². The van der Waals surface area contributed by atoms with Gasteiger partial charge in [-0.3, -0.25) is 18.7 Å². The van der Waals surface area contributed by atoms with E-state index < -0.39 is 27.9 Å². The Labute approximate surface area is 177 Å². The number of hydrogen-bond acceptors (Lipinski definition) is 5. The molecule has 0 saturated carbocycles. The van der Waals surface area contributed by atoms with Gasteiger partial charge in [-0.25, -0.2) is 8.42 Å². The fraction of sp³-hybridized carbons (Fsp3) is 0.353. The van der Waals surface area contributed by atoms with Crippen molar-refractivity contribution in [2.75, 3.05) is 19.6 Å². The first-order valence-corrected chi connectivity index (χ1v) is 10.9. The highest BCUT2D eigenvalue weighted by atomic mass is 35.5. The van der Waals surface area contributed by atoms with Crippen LogP contribution in [0.25, 0.3) is 0 Å². The third-order valence-corrected chi connectivity index (χ3v) is 7.08. The molecule has 1 fully saturated rings. The highest BCUT2D eigenvalue weighted by Crippen LogP contribution is 2.28. The van der Waals surface area contributed by atoms with Crippen LogP contribution < -0.4 is 10.6 Å². The van der Waals surface area contributed by atoms with E-state index in [9.17, 15) is 22.8 Å². The lowest BCUT2D eigenvalue weighted by atomic mass is 10.1.